The first-order valence-corrected chi connectivity index (χ1v) is 13.6. The summed E-state index contributed by atoms with van der Waals surface area (Å²) in [5.41, 5.74) is 4.28. The molecule has 0 atom stereocenters. The van der Waals surface area contributed by atoms with E-state index >= 15 is 0 Å². The number of aryl methyl sites for hydroxylation is 3. The van der Waals surface area contributed by atoms with Crippen LogP contribution in [0.4, 0.5) is 5.13 Å². The highest BCUT2D eigenvalue weighted by atomic mass is 32.2. The van der Waals surface area contributed by atoms with Gasteiger partial charge in [0, 0.05) is 30.8 Å². The number of ether oxygens (including phenoxy) is 1. The smallest absolute Gasteiger partial charge is 0.243 e. The molecule has 1 fully saturated rings. The lowest BCUT2D eigenvalue weighted by molar-refractivity contribution is -0.116. The van der Waals surface area contributed by atoms with Crippen molar-refractivity contribution >= 4 is 32.4 Å². The standard InChI is InChI=1S/C25H29N3O4S2/c1-18-3-5-21(6-4-18)17-23-19(2)26-25(33-23)27-24(29)12-9-20-7-10-22(11-8-20)34(30,31)28-13-15-32-16-14-28/h3-8,10-11H,9,12-17H2,1-2H3,(H,26,27,29). The molecule has 1 saturated heterocycles. The molecule has 0 radical (unpaired) electrons. The second-order valence-corrected chi connectivity index (χ2v) is 11.4. The highest BCUT2D eigenvalue weighted by molar-refractivity contribution is 7.89. The Hall–Kier alpha value is -2.59. The van der Waals surface area contributed by atoms with Gasteiger partial charge >= 0.3 is 0 Å². The summed E-state index contributed by atoms with van der Waals surface area (Å²) in [4.78, 5) is 18.4. The van der Waals surface area contributed by atoms with Gasteiger partial charge in [-0.15, -0.1) is 11.3 Å². The van der Waals surface area contributed by atoms with Crippen molar-refractivity contribution in [3.63, 3.8) is 0 Å². The van der Waals surface area contributed by atoms with Crippen molar-refractivity contribution in [2.24, 2.45) is 0 Å². The minimum atomic E-state index is -3.51. The van der Waals surface area contributed by atoms with Crippen LogP contribution < -0.4 is 5.32 Å². The molecule has 0 saturated carbocycles. The highest BCUT2D eigenvalue weighted by Gasteiger charge is 2.26. The number of sulfonamides is 1. The lowest BCUT2D eigenvalue weighted by Crippen LogP contribution is -2.40. The molecule has 1 aliphatic heterocycles. The highest BCUT2D eigenvalue weighted by Crippen LogP contribution is 2.26. The monoisotopic (exact) mass is 499 g/mol. The molecular formula is C25H29N3O4S2. The lowest BCUT2D eigenvalue weighted by atomic mass is 10.1. The van der Waals surface area contributed by atoms with Gasteiger partial charge in [-0.3, -0.25) is 4.79 Å². The first-order chi connectivity index (χ1) is 16.3. The van der Waals surface area contributed by atoms with Crippen molar-refractivity contribution in [1.29, 1.82) is 0 Å². The third-order valence-corrected chi connectivity index (χ3v) is 8.78. The predicted octanol–water partition coefficient (Wildman–Crippen LogP) is 3.94. The minimum absolute atomic E-state index is 0.111. The molecule has 1 N–H and O–H groups in total. The van der Waals surface area contributed by atoms with E-state index in [2.05, 4.69) is 41.5 Å². The topological polar surface area (TPSA) is 88.6 Å². The fraction of sp³-hybridized carbons (Fsp3) is 0.360. The summed E-state index contributed by atoms with van der Waals surface area (Å²) in [6.45, 7) is 5.59. The van der Waals surface area contributed by atoms with E-state index in [-0.39, 0.29) is 10.8 Å². The molecule has 2 heterocycles. The van der Waals surface area contributed by atoms with E-state index in [0.717, 1.165) is 22.6 Å². The maximum Gasteiger partial charge on any atom is 0.243 e. The van der Waals surface area contributed by atoms with Crippen LogP contribution in [0.15, 0.2) is 53.4 Å². The molecule has 0 aliphatic carbocycles. The van der Waals surface area contributed by atoms with E-state index in [9.17, 15) is 13.2 Å². The van der Waals surface area contributed by atoms with Crippen LogP contribution in [-0.4, -0.2) is 49.9 Å². The summed E-state index contributed by atoms with van der Waals surface area (Å²) in [6.07, 6.45) is 1.60. The number of hydrogen-bond donors (Lipinski definition) is 1. The first-order valence-electron chi connectivity index (χ1n) is 11.3. The van der Waals surface area contributed by atoms with Gasteiger partial charge in [0.05, 0.1) is 23.8 Å². The average Bonchev–Trinajstić information content (AvgIpc) is 3.18. The van der Waals surface area contributed by atoms with Crippen molar-refractivity contribution in [2.45, 2.75) is 38.0 Å². The fourth-order valence-electron chi connectivity index (χ4n) is 3.74. The lowest BCUT2D eigenvalue weighted by Gasteiger charge is -2.26. The van der Waals surface area contributed by atoms with E-state index in [1.165, 1.54) is 26.8 Å². The van der Waals surface area contributed by atoms with Gasteiger partial charge in [0.1, 0.15) is 0 Å². The molecule has 180 valence electrons. The van der Waals surface area contributed by atoms with Crippen LogP contribution in [0, 0.1) is 13.8 Å². The molecule has 1 amide bonds. The first kappa shape index (κ1) is 24.5. The van der Waals surface area contributed by atoms with Crippen LogP contribution in [0.2, 0.25) is 0 Å². The molecule has 1 aromatic heterocycles. The van der Waals surface area contributed by atoms with Crippen molar-refractivity contribution in [1.82, 2.24) is 9.29 Å². The van der Waals surface area contributed by atoms with E-state index < -0.39 is 10.0 Å². The molecule has 0 unspecified atom stereocenters. The number of anilines is 1. The Balaban J connectivity index is 1.30. The third kappa shape index (κ3) is 6.09. The molecule has 4 rings (SSSR count). The number of hydrogen-bond acceptors (Lipinski definition) is 6. The Morgan fingerprint density at radius 2 is 1.68 bits per heavy atom. The van der Waals surface area contributed by atoms with Crippen LogP contribution in [-0.2, 0) is 32.4 Å². The summed E-state index contributed by atoms with van der Waals surface area (Å²) in [6, 6.07) is 15.2. The molecule has 9 heteroatoms. The molecule has 34 heavy (non-hydrogen) atoms. The number of carbonyl (C=O) groups excluding carboxylic acids is 1. The largest absolute Gasteiger partial charge is 0.379 e. The number of morpholine rings is 1. The van der Waals surface area contributed by atoms with Gasteiger partial charge in [0.25, 0.3) is 0 Å². The Morgan fingerprint density at radius 1 is 1.03 bits per heavy atom. The second kappa shape index (κ2) is 10.8. The minimum Gasteiger partial charge on any atom is -0.379 e. The van der Waals surface area contributed by atoms with Crippen molar-refractivity contribution < 1.29 is 17.9 Å². The van der Waals surface area contributed by atoms with E-state index in [4.69, 9.17) is 4.74 Å². The van der Waals surface area contributed by atoms with Gasteiger partial charge in [-0.1, -0.05) is 42.0 Å². The predicted molar refractivity (Wildman–Crippen MR) is 134 cm³/mol. The average molecular weight is 500 g/mol. The van der Waals surface area contributed by atoms with Gasteiger partial charge in [-0.05, 0) is 43.5 Å². The summed E-state index contributed by atoms with van der Waals surface area (Å²) < 4.78 is 32.1. The normalized spacial score (nSPS) is 14.8. The number of carbonyl (C=O) groups is 1. The van der Waals surface area contributed by atoms with Gasteiger partial charge in [0.2, 0.25) is 15.9 Å². The number of benzene rings is 2. The summed E-state index contributed by atoms with van der Waals surface area (Å²) in [7, 11) is -3.51. The Morgan fingerprint density at radius 3 is 2.35 bits per heavy atom. The molecule has 0 bridgehead atoms. The Labute approximate surface area is 204 Å². The Kier molecular flexibility index (Phi) is 7.77. The van der Waals surface area contributed by atoms with Crippen LogP contribution in [0.1, 0.15) is 33.7 Å². The van der Waals surface area contributed by atoms with Crippen LogP contribution >= 0.6 is 11.3 Å². The second-order valence-electron chi connectivity index (χ2n) is 8.40. The number of rotatable bonds is 8. The number of nitrogens with one attached hydrogen (secondary N) is 1. The van der Waals surface area contributed by atoms with Crippen molar-refractivity contribution in [3.05, 3.63) is 75.8 Å². The van der Waals surface area contributed by atoms with Crippen LogP contribution in [0.5, 0.6) is 0 Å². The number of thiazole rings is 1. The zero-order chi connectivity index (χ0) is 24.1. The van der Waals surface area contributed by atoms with Gasteiger partial charge < -0.3 is 10.1 Å². The van der Waals surface area contributed by atoms with Crippen molar-refractivity contribution in [2.75, 3.05) is 31.6 Å². The quantitative estimate of drug-likeness (QED) is 0.507. The van der Waals surface area contributed by atoms with Crippen LogP contribution in [0.25, 0.3) is 0 Å². The summed E-state index contributed by atoms with van der Waals surface area (Å²) in [5.74, 6) is -0.111. The molecule has 1 aliphatic rings. The van der Waals surface area contributed by atoms with Gasteiger partial charge in [-0.2, -0.15) is 4.31 Å². The maximum absolute atomic E-state index is 12.7. The third-order valence-electron chi connectivity index (χ3n) is 5.80. The van der Waals surface area contributed by atoms with E-state index in [0.29, 0.717) is 44.3 Å². The number of amides is 1. The van der Waals surface area contributed by atoms with E-state index in [1.807, 2.05) is 6.92 Å². The molecule has 2 aromatic carbocycles. The van der Waals surface area contributed by atoms with Gasteiger partial charge in [-0.25, -0.2) is 13.4 Å². The zero-order valence-corrected chi connectivity index (χ0v) is 21.0. The fourth-order valence-corrected chi connectivity index (χ4v) is 6.16. The molecule has 3 aromatic rings. The molecule has 0 spiro atoms. The number of nitrogens with zero attached hydrogens (tertiary/aromatic N) is 2. The van der Waals surface area contributed by atoms with Crippen LogP contribution in [0.3, 0.4) is 0 Å². The Bertz CT molecular complexity index is 1230. The SMILES string of the molecule is Cc1ccc(Cc2sc(NC(=O)CCc3ccc(S(=O)(=O)N4CCOCC4)cc3)nc2C)cc1. The summed E-state index contributed by atoms with van der Waals surface area (Å²) in [5, 5.41) is 3.51. The van der Waals surface area contributed by atoms with Gasteiger partial charge in [0.15, 0.2) is 5.13 Å². The molecular weight excluding hydrogens is 470 g/mol. The summed E-state index contributed by atoms with van der Waals surface area (Å²) >= 11 is 1.50. The number of aromatic nitrogens is 1. The maximum atomic E-state index is 12.7. The zero-order valence-electron chi connectivity index (χ0n) is 19.4. The van der Waals surface area contributed by atoms with E-state index in [1.54, 1.807) is 24.3 Å². The van der Waals surface area contributed by atoms with Crippen molar-refractivity contribution in [3.8, 4) is 0 Å². The molecule has 7 nitrogen and oxygen atoms in total.